The zero-order valence-corrected chi connectivity index (χ0v) is 11.1. The van der Waals surface area contributed by atoms with Gasteiger partial charge in [-0.2, -0.15) is 0 Å². The summed E-state index contributed by atoms with van der Waals surface area (Å²) in [4.78, 5) is 27.3. The molecule has 1 aliphatic carbocycles. The van der Waals surface area contributed by atoms with Crippen molar-refractivity contribution in [3.8, 4) is 0 Å². The minimum Gasteiger partial charge on any atom is -0.366 e. The highest BCUT2D eigenvalue weighted by molar-refractivity contribution is 6.03. The van der Waals surface area contributed by atoms with Crippen molar-refractivity contribution >= 4 is 11.6 Å². The summed E-state index contributed by atoms with van der Waals surface area (Å²) in [6.45, 7) is 14.3. The molecule has 1 aliphatic heterocycles. The van der Waals surface area contributed by atoms with Crippen LogP contribution in [0.15, 0.2) is 11.8 Å². The molecule has 18 heavy (non-hydrogen) atoms. The summed E-state index contributed by atoms with van der Waals surface area (Å²) in [5.74, 6) is -0.166. The average Bonchev–Trinajstić information content (AvgIpc) is 2.28. The third-order valence-corrected chi connectivity index (χ3v) is 4.01. The van der Waals surface area contributed by atoms with E-state index in [9.17, 15) is 9.59 Å². The van der Waals surface area contributed by atoms with Gasteiger partial charge >= 0.3 is 0 Å². The molecule has 0 amide bonds. The highest BCUT2D eigenvalue weighted by atomic mass is 16.5. The molecule has 0 aromatic heterocycles. The van der Waals surface area contributed by atoms with Crippen molar-refractivity contribution in [3.63, 3.8) is 0 Å². The molecule has 4 nitrogen and oxygen atoms in total. The summed E-state index contributed by atoms with van der Waals surface area (Å²) in [6.07, 6.45) is 1.13. The zero-order chi connectivity index (χ0) is 13.7. The Hall–Kier alpha value is -1.47. The van der Waals surface area contributed by atoms with Gasteiger partial charge in [-0.05, 0) is 6.92 Å². The Morgan fingerprint density at radius 2 is 2.00 bits per heavy atom. The molecule has 96 valence electrons. The highest BCUT2D eigenvalue weighted by Crippen LogP contribution is 2.49. The first-order chi connectivity index (χ1) is 8.22. The van der Waals surface area contributed by atoms with Crippen LogP contribution in [0.25, 0.3) is 4.85 Å². The standard InChI is InChI=1S/C14H17NO3/c1-8-10(16)7-14(4)6-9(15-5)11(17)13(2,3)12(14)18-8/h6,8,12H,7H2,1-4H3/t8-,12+,14-/m0/s1. The van der Waals surface area contributed by atoms with Crippen LogP contribution in [0, 0.1) is 17.4 Å². The number of hydrogen-bond acceptors (Lipinski definition) is 3. The topological polar surface area (TPSA) is 47.7 Å². The van der Waals surface area contributed by atoms with Crippen molar-refractivity contribution in [1.29, 1.82) is 0 Å². The van der Waals surface area contributed by atoms with Gasteiger partial charge < -0.3 is 9.53 Å². The SMILES string of the molecule is [C-]#[N+]C1=C[C@@]2(C)CC(=O)[C@H](C)O[C@@H]2C(C)(C)C1=O. The predicted octanol–water partition coefficient (Wildman–Crippen LogP) is 2.15. The first-order valence-electron chi connectivity index (χ1n) is 6.05. The van der Waals surface area contributed by atoms with Gasteiger partial charge in [0.05, 0.1) is 12.7 Å². The molecular weight excluding hydrogens is 230 g/mol. The third kappa shape index (κ3) is 1.62. The molecule has 0 aromatic carbocycles. The van der Waals surface area contributed by atoms with E-state index in [0.29, 0.717) is 6.42 Å². The monoisotopic (exact) mass is 247 g/mol. The summed E-state index contributed by atoms with van der Waals surface area (Å²) in [6, 6.07) is 0. The van der Waals surface area contributed by atoms with Gasteiger partial charge in [0.15, 0.2) is 11.6 Å². The Bertz CT molecular complexity index is 498. The maximum absolute atomic E-state index is 12.2. The molecule has 0 aromatic rings. The second kappa shape index (κ2) is 3.76. The number of ketones is 2. The van der Waals surface area contributed by atoms with Crippen LogP contribution in [-0.2, 0) is 14.3 Å². The van der Waals surface area contributed by atoms with E-state index in [2.05, 4.69) is 4.85 Å². The van der Waals surface area contributed by atoms with Crippen LogP contribution >= 0.6 is 0 Å². The fourth-order valence-electron chi connectivity index (χ4n) is 3.08. The fourth-order valence-corrected chi connectivity index (χ4v) is 3.08. The van der Waals surface area contributed by atoms with Crippen molar-refractivity contribution in [3.05, 3.63) is 23.2 Å². The molecule has 0 unspecified atom stereocenters. The molecule has 0 saturated carbocycles. The number of hydrogen-bond donors (Lipinski definition) is 0. The minimum absolute atomic E-state index is 0.0273. The zero-order valence-electron chi connectivity index (χ0n) is 11.1. The third-order valence-electron chi connectivity index (χ3n) is 4.01. The Kier molecular flexibility index (Phi) is 2.71. The van der Waals surface area contributed by atoms with Crippen LogP contribution in [0.1, 0.15) is 34.1 Å². The molecule has 2 rings (SSSR count). The fraction of sp³-hybridized carbons (Fsp3) is 0.643. The molecule has 0 N–H and O–H groups in total. The van der Waals surface area contributed by atoms with E-state index >= 15 is 0 Å². The Balaban J connectivity index is 2.56. The molecule has 1 fully saturated rings. The summed E-state index contributed by atoms with van der Waals surface area (Å²) in [5, 5.41) is 0. The Morgan fingerprint density at radius 1 is 1.39 bits per heavy atom. The lowest BCUT2D eigenvalue weighted by Gasteiger charge is -2.50. The van der Waals surface area contributed by atoms with Gasteiger partial charge in [-0.25, -0.2) is 4.85 Å². The van der Waals surface area contributed by atoms with Crippen molar-refractivity contribution in [2.24, 2.45) is 10.8 Å². The van der Waals surface area contributed by atoms with E-state index in [1.165, 1.54) is 0 Å². The van der Waals surface area contributed by atoms with Crippen molar-refractivity contribution in [2.45, 2.75) is 46.3 Å². The molecule has 0 bridgehead atoms. The van der Waals surface area contributed by atoms with Crippen LogP contribution in [-0.4, -0.2) is 23.8 Å². The normalized spacial score (nSPS) is 38.7. The van der Waals surface area contributed by atoms with E-state index in [1.54, 1.807) is 26.8 Å². The van der Waals surface area contributed by atoms with E-state index < -0.39 is 16.9 Å². The molecule has 4 heteroatoms. The maximum atomic E-state index is 12.2. The quantitative estimate of drug-likeness (QED) is 0.616. The Morgan fingerprint density at radius 3 is 2.56 bits per heavy atom. The van der Waals surface area contributed by atoms with Gasteiger partial charge in [0.1, 0.15) is 6.10 Å². The Labute approximate surface area is 107 Å². The molecule has 0 radical (unpaired) electrons. The molecular formula is C14H17NO3. The highest BCUT2D eigenvalue weighted by Gasteiger charge is 2.55. The summed E-state index contributed by atoms with van der Waals surface area (Å²) >= 11 is 0. The summed E-state index contributed by atoms with van der Waals surface area (Å²) < 4.78 is 5.77. The van der Waals surface area contributed by atoms with Crippen molar-refractivity contribution < 1.29 is 14.3 Å². The number of rotatable bonds is 0. The van der Waals surface area contributed by atoms with Crippen LogP contribution in [0.3, 0.4) is 0 Å². The lowest BCUT2D eigenvalue weighted by molar-refractivity contribution is -0.176. The first kappa shape index (κ1) is 13.0. The summed E-state index contributed by atoms with van der Waals surface area (Å²) in [5.41, 5.74) is -1.19. The van der Waals surface area contributed by atoms with Crippen LogP contribution in [0.2, 0.25) is 0 Å². The van der Waals surface area contributed by atoms with E-state index in [-0.39, 0.29) is 23.4 Å². The van der Waals surface area contributed by atoms with Gasteiger partial charge in [-0.1, -0.05) is 26.8 Å². The van der Waals surface area contributed by atoms with Gasteiger partial charge in [0.2, 0.25) is 5.70 Å². The molecule has 1 heterocycles. The van der Waals surface area contributed by atoms with Gasteiger partial charge in [-0.3, -0.25) is 4.79 Å². The molecule has 0 spiro atoms. The van der Waals surface area contributed by atoms with Crippen molar-refractivity contribution in [1.82, 2.24) is 0 Å². The van der Waals surface area contributed by atoms with Crippen LogP contribution in [0.4, 0.5) is 0 Å². The number of allylic oxidation sites excluding steroid dienone is 1. The van der Waals surface area contributed by atoms with E-state index in [4.69, 9.17) is 11.3 Å². The first-order valence-corrected chi connectivity index (χ1v) is 6.05. The number of nitrogens with zero attached hydrogens (tertiary/aromatic N) is 1. The number of carbonyl (C=O) groups is 2. The van der Waals surface area contributed by atoms with Crippen LogP contribution in [0.5, 0.6) is 0 Å². The number of fused-ring (bicyclic) bond motifs is 1. The lowest BCUT2D eigenvalue weighted by atomic mass is 9.61. The minimum atomic E-state index is -0.766. The van der Waals surface area contributed by atoms with E-state index in [1.807, 2.05) is 6.92 Å². The summed E-state index contributed by atoms with van der Waals surface area (Å²) in [7, 11) is 0. The van der Waals surface area contributed by atoms with Gasteiger partial charge in [0.25, 0.3) is 0 Å². The van der Waals surface area contributed by atoms with Gasteiger partial charge in [-0.15, -0.1) is 0 Å². The smallest absolute Gasteiger partial charge is 0.226 e. The second-order valence-electron chi connectivity index (χ2n) is 6.00. The number of Topliss-reactive ketones (excluding diaryl/α,β-unsaturated/α-hetero) is 2. The molecule has 1 saturated heterocycles. The predicted molar refractivity (Wildman–Crippen MR) is 65.5 cm³/mol. The van der Waals surface area contributed by atoms with E-state index in [0.717, 1.165) is 0 Å². The van der Waals surface area contributed by atoms with Crippen molar-refractivity contribution in [2.75, 3.05) is 0 Å². The molecule has 3 atom stereocenters. The lowest BCUT2D eigenvalue weighted by Crippen LogP contribution is -2.57. The average molecular weight is 247 g/mol. The number of ether oxygens (including phenoxy) is 1. The maximum Gasteiger partial charge on any atom is 0.226 e. The van der Waals surface area contributed by atoms with Crippen LogP contribution < -0.4 is 0 Å². The molecule has 2 aliphatic rings. The van der Waals surface area contributed by atoms with Gasteiger partial charge in [0, 0.05) is 17.3 Å². The second-order valence-corrected chi connectivity index (χ2v) is 6.00. The number of carbonyl (C=O) groups excluding carboxylic acids is 2. The largest absolute Gasteiger partial charge is 0.366 e.